The van der Waals surface area contributed by atoms with E-state index in [2.05, 4.69) is 16.0 Å². The zero-order valence-electron chi connectivity index (χ0n) is 31.0. The molecule has 2 fully saturated rings. The summed E-state index contributed by atoms with van der Waals surface area (Å²) in [6.45, 7) is 5.59. The second kappa shape index (κ2) is 16.4. The lowest BCUT2D eigenvalue weighted by Crippen LogP contribution is -2.58. The van der Waals surface area contributed by atoms with Crippen molar-refractivity contribution in [3.05, 3.63) is 82.1 Å². The summed E-state index contributed by atoms with van der Waals surface area (Å²) in [7, 11) is 0. The third kappa shape index (κ3) is 9.34. The van der Waals surface area contributed by atoms with E-state index < -0.39 is 59.1 Å². The largest absolute Gasteiger partial charge is 0.444 e. The number of carbonyl (C=O) groups excluding carboxylic acids is 5. The average molecular weight is 766 g/mol. The van der Waals surface area contributed by atoms with Crippen LogP contribution >= 0.6 is 11.6 Å². The third-order valence-electron chi connectivity index (χ3n) is 10.4. The van der Waals surface area contributed by atoms with E-state index in [-0.39, 0.29) is 37.9 Å². The van der Waals surface area contributed by atoms with Gasteiger partial charge >= 0.3 is 12.2 Å². The molecule has 5 amide bonds. The van der Waals surface area contributed by atoms with E-state index >= 15 is 0 Å². The average Bonchev–Trinajstić information content (AvgIpc) is 3.41. The lowest BCUT2D eigenvalue weighted by atomic mass is 10.0. The number of amides is 5. The SMILES string of the molecule is CC(C)(C)OC(=O)NC1CCCCC/C=C\C2CC2(C(=O)NCCc2ccc(Cl)cc2)NC(=O)[C@@H]2CC(OC(=O)N3Cc4cccc(F)c4C3)CN2C1=O. The van der Waals surface area contributed by atoms with Crippen LogP contribution < -0.4 is 16.0 Å². The predicted molar refractivity (Wildman–Crippen MR) is 199 cm³/mol. The van der Waals surface area contributed by atoms with Gasteiger partial charge in [-0.2, -0.15) is 0 Å². The Hall–Kier alpha value is -4.65. The summed E-state index contributed by atoms with van der Waals surface area (Å²) in [6.07, 6.45) is 5.87. The number of fused-ring (bicyclic) bond motifs is 3. The zero-order chi connectivity index (χ0) is 38.6. The van der Waals surface area contributed by atoms with Gasteiger partial charge in [-0.25, -0.2) is 14.0 Å². The van der Waals surface area contributed by atoms with E-state index in [1.807, 2.05) is 24.3 Å². The van der Waals surface area contributed by atoms with Crippen molar-refractivity contribution in [3.63, 3.8) is 0 Å². The van der Waals surface area contributed by atoms with Crippen LogP contribution in [-0.4, -0.2) is 82.1 Å². The minimum Gasteiger partial charge on any atom is -0.444 e. The molecule has 6 rings (SSSR count). The van der Waals surface area contributed by atoms with Crippen LogP contribution in [0.3, 0.4) is 0 Å². The minimum atomic E-state index is -1.23. The van der Waals surface area contributed by atoms with Crippen LogP contribution in [0.5, 0.6) is 0 Å². The molecule has 0 spiro atoms. The van der Waals surface area contributed by atoms with Gasteiger partial charge in [0.2, 0.25) is 17.7 Å². The molecule has 3 N–H and O–H groups in total. The molecule has 0 aromatic heterocycles. The van der Waals surface area contributed by atoms with Gasteiger partial charge in [-0.3, -0.25) is 19.3 Å². The Labute approximate surface area is 320 Å². The number of alkyl carbamates (subject to hydrolysis) is 1. The molecule has 14 heteroatoms. The summed E-state index contributed by atoms with van der Waals surface area (Å²) >= 11 is 6.02. The van der Waals surface area contributed by atoms with Crippen LogP contribution in [-0.2, 0) is 43.4 Å². The van der Waals surface area contributed by atoms with Crippen molar-refractivity contribution >= 4 is 41.5 Å². The fourth-order valence-electron chi connectivity index (χ4n) is 7.47. The molecule has 4 aliphatic rings. The molecule has 5 atom stereocenters. The molecule has 0 bridgehead atoms. The van der Waals surface area contributed by atoms with Crippen molar-refractivity contribution in [2.45, 2.75) is 115 Å². The van der Waals surface area contributed by atoms with E-state index in [1.165, 1.54) is 15.9 Å². The van der Waals surface area contributed by atoms with Gasteiger partial charge in [-0.15, -0.1) is 0 Å². The summed E-state index contributed by atoms with van der Waals surface area (Å²) in [5.41, 5.74) is 0.0627. The van der Waals surface area contributed by atoms with Crippen LogP contribution in [0.2, 0.25) is 5.02 Å². The molecule has 54 heavy (non-hydrogen) atoms. The Bertz CT molecular complexity index is 1780. The highest BCUT2D eigenvalue weighted by atomic mass is 35.5. The van der Waals surface area contributed by atoms with Crippen molar-refractivity contribution < 1.29 is 37.8 Å². The third-order valence-corrected chi connectivity index (χ3v) is 10.7. The number of halogens is 2. The number of benzene rings is 2. The van der Waals surface area contributed by atoms with Gasteiger partial charge in [0.05, 0.1) is 13.1 Å². The summed E-state index contributed by atoms with van der Waals surface area (Å²) in [4.78, 5) is 71.6. The highest BCUT2D eigenvalue weighted by Crippen LogP contribution is 2.45. The Morgan fingerprint density at radius 1 is 1.06 bits per heavy atom. The molecular weight excluding hydrogens is 717 g/mol. The number of rotatable bonds is 6. The second-order valence-corrected chi connectivity index (χ2v) is 16.1. The van der Waals surface area contributed by atoms with E-state index in [4.69, 9.17) is 21.1 Å². The highest BCUT2D eigenvalue weighted by molar-refractivity contribution is 6.30. The van der Waals surface area contributed by atoms with Crippen molar-refractivity contribution in [2.24, 2.45) is 5.92 Å². The maximum Gasteiger partial charge on any atom is 0.410 e. The van der Waals surface area contributed by atoms with Crippen LogP contribution in [0, 0.1) is 11.7 Å². The summed E-state index contributed by atoms with van der Waals surface area (Å²) in [5, 5.41) is 9.33. The monoisotopic (exact) mass is 765 g/mol. The first-order chi connectivity index (χ1) is 25.7. The van der Waals surface area contributed by atoms with E-state index in [0.717, 1.165) is 24.8 Å². The maximum atomic E-state index is 14.5. The van der Waals surface area contributed by atoms with E-state index in [0.29, 0.717) is 48.4 Å². The number of nitrogens with zero attached hydrogens (tertiary/aromatic N) is 2. The summed E-state index contributed by atoms with van der Waals surface area (Å²) < 4.78 is 25.8. The zero-order valence-corrected chi connectivity index (χ0v) is 31.8. The fourth-order valence-corrected chi connectivity index (χ4v) is 7.60. The number of ether oxygens (including phenoxy) is 2. The van der Waals surface area contributed by atoms with E-state index in [1.54, 1.807) is 45.0 Å². The molecule has 4 unspecified atom stereocenters. The molecule has 1 saturated carbocycles. The molecule has 1 saturated heterocycles. The molecular formula is C40H49ClFN5O7. The molecule has 2 aromatic rings. The van der Waals surface area contributed by atoms with Gasteiger partial charge in [0.25, 0.3) is 0 Å². The molecule has 2 aromatic carbocycles. The smallest absolute Gasteiger partial charge is 0.410 e. The second-order valence-electron chi connectivity index (χ2n) is 15.7. The molecule has 290 valence electrons. The molecule has 1 aliphatic carbocycles. The Balaban J connectivity index is 1.21. The highest BCUT2D eigenvalue weighted by Gasteiger charge is 2.61. The summed E-state index contributed by atoms with van der Waals surface area (Å²) in [5.74, 6) is -2.06. The Morgan fingerprint density at radius 2 is 1.83 bits per heavy atom. The molecule has 3 heterocycles. The quantitative estimate of drug-likeness (QED) is 0.327. The first-order valence-corrected chi connectivity index (χ1v) is 19.1. The number of carbonyl (C=O) groups is 5. The van der Waals surface area contributed by atoms with Crippen molar-refractivity contribution in [2.75, 3.05) is 13.1 Å². The van der Waals surface area contributed by atoms with Crippen molar-refractivity contribution in [1.29, 1.82) is 0 Å². The minimum absolute atomic E-state index is 0.0343. The first-order valence-electron chi connectivity index (χ1n) is 18.8. The van der Waals surface area contributed by atoms with Crippen molar-refractivity contribution in [1.82, 2.24) is 25.8 Å². The van der Waals surface area contributed by atoms with Gasteiger partial charge in [0, 0.05) is 36.0 Å². The fraction of sp³-hybridized carbons (Fsp3) is 0.525. The van der Waals surface area contributed by atoms with Crippen LogP contribution in [0.15, 0.2) is 54.6 Å². The van der Waals surface area contributed by atoms with Gasteiger partial charge in [0.15, 0.2) is 0 Å². The first kappa shape index (κ1) is 39.1. The van der Waals surface area contributed by atoms with Crippen LogP contribution in [0.25, 0.3) is 0 Å². The Morgan fingerprint density at radius 3 is 2.57 bits per heavy atom. The van der Waals surface area contributed by atoms with E-state index in [9.17, 15) is 28.4 Å². The molecule has 3 aliphatic heterocycles. The van der Waals surface area contributed by atoms with Gasteiger partial charge in [-0.1, -0.05) is 60.9 Å². The van der Waals surface area contributed by atoms with Gasteiger partial charge in [0.1, 0.15) is 35.1 Å². The molecule has 12 nitrogen and oxygen atoms in total. The number of nitrogens with one attached hydrogen (secondary N) is 3. The number of hydrogen-bond acceptors (Lipinski definition) is 7. The predicted octanol–water partition coefficient (Wildman–Crippen LogP) is 5.55. The lowest BCUT2D eigenvalue weighted by molar-refractivity contribution is -0.141. The topological polar surface area (TPSA) is 146 Å². The van der Waals surface area contributed by atoms with Crippen molar-refractivity contribution in [3.8, 4) is 0 Å². The van der Waals surface area contributed by atoms with Gasteiger partial charge < -0.3 is 30.3 Å². The molecule has 0 radical (unpaired) electrons. The number of hydrogen-bond donors (Lipinski definition) is 3. The standard InChI is InChI=1S/C40H49ClFN5O7/c1-39(2,3)54-37(51)44-32-13-8-6-4-5-7-11-27-21-40(27,36(50)43-19-18-25-14-16-28(41)17-15-25)45-34(48)33-20-29(23-47(33)35(32)49)53-38(52)46-22-26-10-9-12-31(42)30(26)24-46/h7,9-12,14-17,27,29,32-33H,4-6,8,13,18-24H2,1-3H3,(H,43,50)(H,44,51)(H,45,48)/b11-7-/t27?,29?,32?,33-,40?/m0/s1. The lowest BCUT2D eigenvalue weighted by Gasteiger charge is -2.30. The summed E-state index contributed by atoms with van der Waals surface area (Å²) in [6, 6.07) is 9.91. The maximum absolute atomic E-state index is 14.5. The Kier molecular flexibility index (Phi) is 11.8. The van der Waals surface area contributed by atoms with Gasteiger partial charge in [-0.05, 0) is 82.2 Å². The number of allylic oxidation sites excluding steroid dienone is 1. The van der Waals surface area contributed by atoms with Crippen LogP contribution in [0.4, 0.5) is 14.0 Å². The van der Waals surface area contributed by atoms with Crippen LogP contribution in [0.1, 0.15) is 82.4 Å². The normalized spacial score (nSPS) is 26.2.